The van der Waals surface area contributed by atoms with Crippen molar-refractivity contribution in [1.29, 1.82) is 0 Å². The van der Waals surface area contributed by atoms with Crippen LogP contribution in [0.2, 0.25) is 5.15 Å². The summed E-state index contributed by atoms with van der Waals surface area (Å²) in [4.78, 5) is 17.1. The van der Waals surface area contributed by atoms with Gasteiger partial charge in [0.15, 0.2) is 0 Å². The van der Waals surface area contributed by atoms with Crippen molar-refractivity contribution in [2.75, 3.05) is 19.4 Å². The van der Waals surface area contributed by atoms with E-state index in [-0.39, 0.29) is 29.4 Å². The van der Waals surface area contributed by atoms with Crippen LogP contribution in [0.4, 0.5) is 5.69 Å². The van der Waals surface area contributed by atoms with Crippen molar-refractivity contribution in [3.8, 4) is 0 Å². The molecule has 0 spiro atoms. The molecule has 0 saturated heterocycles. The number of carbonyl (C=O) groups excluding carboxylic acids is 1. The first-order chi connectivity index (χ1) is 7.47. The zero-order valence-corrected chi connectivity index (χ0v) is 9.90. The molecule has 1 heterocycles. The molecule has 1 aromatic heterocycles. The Morgan fingerprint density at radius 3 is 2.94 bits per heavy atom. The lowest BCUT2D eigenvalue weighted by Crippen LogP contribution is -2.37. The second-order valence-corrected chi connectivity index (χ2v) is 3.93. The van der Waals surface area contributed by atoms with Crippen LogP contribution < -0.4 is 5.73 Å². The van der Waals surface area contributed by atoms with E-state index in [0.717, 1.165) is 0 Å². The standard InChI is InChI=1S/C10H14ClN3O2/c1-6(5-15)14(2)10(16)7-3-9(11)13-4-8(7)12/h3-4,6,15H,5,12H2,1-2H3. The summed E-state index contributed by atoms with van der Waals surface area (Å²) in [7, 11) is 1.59. The summed E-state index contributed by atoms with van der Waals surface area (Å²) in [5.41, 5.74) is 6.20. The monoisotopic (exact) mass is 243 g/mol. The molecule has 1 rings (SSSR count). The van der Waals surface area contributed by atoms with Gasteiger partial charge in [-0.2, -0.15) is 0 Å². The largest absolute Gasteiger partial charge is 0.397 e. The van der Waals surface area contributed by atoms with Crippen LogP contribution in [-0.4, -0.2) is 40.6 Å². The van der Waals surface area contributed by atoms with Crippen LogP contribution in [0.3, 0.4) is 0 Å². The number of hydrogen-bond donors (Lipinski definition) is 2. The van der Waals surface area contributed by atoms with E-state index in [4.69, 9.17) is 22.4 Å². The van der Waals surface area contributed by atoms with Gasteiger partial charge in [0.05, 0.1) is 30.1 Å². The number of aliphatic hydroxyl groups is 1. The van der Waals surface area contributed by atoms with Crippen LogP contribution in [0, 0.1) is 0 Å². The predicted molar refractivity (Wildman–Crippen MR) is 62.3 cm³/mol. The first-order valence-electron chi connectivity index (χ1n) is 4.76. The highest BCUT2D eigenvalue weighted by molar-refractivity contribution is 6.29. The number of nitrogens with zero attached hydrogens (tertiary/aromatic N) is 2. The molecule has 88 valence electrons. The average Bonchev–Trinajstić information content (AvgIpc) is 2.29. The normalized spacial score (nSPS) is 12.2. The van der Waals surface area contributed by atoms with Gasteiger partial charge in [0.2, 0.25) is 0 Å². The van der Waals surface area contributed by atoms with Crippen LogP contribution in [0.1, 0.15) is 17.3 Å². The van der Waals surface area contributed by atoms with E-state index in [0.29, 0.717) is 5.56 Å². The van der Waals surface area contributed by atoms with E-state index in [1.165, 1.54) is 17.2 Å². The van der Waals surface area contributed by atoms with Gasteiger partial charge in [-0.1, -0.05) is 11.6 Å². The molecule has 1 unspecified atom stereocenters. The number of likely N-dealkylation sites (N-methyl/N-ethyl adjacent to an activating group) is 1. The second-order valence-electron chi connectivity index (χ2n) is 3.54. The lowest BCUT2D eigenvalue weighted by atomic mass is 10.2. The summed E-state index contributed by atoms with van der Waals surface area (Å²) in [6, 6.07) is 1.14. The summed E-state index contributed by atoms with van der Waals surface area (Å²) in [5, 5.41) is 9.17. The molecular formula is C10H14ClN3O2. The number of nitrogens with two attached hydrogens (primary N) is 1. The molecule has 3 N–H and O–H groups in total. The molecule has 1 aromatic rings. The maximum atomic E-state index is 12.0. The highest BCUT2D eigenvalue weighted by atomic mass is 35.5. The van der Waals surface area contributed by atoms with E-state index < -0.39 is 0 Å². The maximum Gasteiger partial charge on any atom is 0.256 e. The Morgan fingerprint density at radius 1 is 1.75 bits per heavy atom. The molecule has 0 aliphatic rings. The topological polar surface area (TPSA) is 79.5 Å². The summed E-state index contributed by atoms with van der Waals surface area (Å²) in [5.74, 6) is -0.289. The van der Waals surface area contributed by atoms with Crippen molar-refractivity contribution in [1.82, 2.24) is 9.88 Å². The smallest absolute Gasteiger partial charge is 0.256 e. The van der Waals surface area contributed by atoms with Gasteiger partial charge in [-0.25, -0.2) is 4.98 Å². The molecule has 0 aliphatic carbocycles. The van der Waals surface area contributed by atoms with Crippen LogP contribution in [0.5, 0.6) is 0 Å². The van der Waals surface area contributed by atoms with Gasteiger partial charge in [0.25, 0.3) is 5.91 Å². The molecule has 0 fully saturated rings. The van der Waals surface area contributed by atoms with Gasteiger partial charge in [-0.15, -0.1) is 0 Å². The summed E-state index contributed by atoms with van der Waals surface area (Å²) in [6.45, 7) is 1.62. The number of aliphatic hydroxyl groups excluding tert-OH is 1. The van der Waals surface area contributed by atoms with E-state index in [2.05, 4.69) is 4.98 Å². The molecule has 0 aromatic carbocycles. The number of rotatable bonds is 3. The summed E-state index contributed by atoms with van der Waals surface area (Å²) >= 11 is 5.69. The molecule has 0 saturated carbocycles. The first kappa shape index (κ1) is 12.7. The number of pyridine rings is 1. The van der Waals surface area contributed by atoms with E-state index in [1.807, 2.05) is 0 Å². The second kappa shape index (κ2) is 5.14. The Hall–Kier alpha value is -1.33. The fourth-order valence-corrected chi connectivity index (χ4v) is 1.30. The Bertz CT molecular complexity index is 398. The SMILES string of the molecule is CC(CO)N(C)C(=O)c1cc(Cl)ncc1N. The molecule has 16 heavy (non-hydrogen) atoms. The van der Waals surface area contributed by atoms with Crippen LogP contribution in [-0.2, 0) is 0 Å². The quantitative estimate of drug-likeness (QED) is 0.769. The third-order valence-electron chi connectivity index (χ3n) is 2.38. The number of halogens is 1. The van der Waals surface area contributed by atoms with Gasteiger partial charge >= 0.3 is 0 Å². The highest BCUT2D eigenvalue weighted by Crippen LogP contribution is 2.17. The Morgan fingerprint density at radius 2 is 2.38 bits per heavy atom. The number of anilines is 1. The molecule has 6 heteroatoms. The molecular weight excluding hydrogens is 230 g/mol. The fourth-order valence-electron chi connectivity index (χ4n) is 1.14. The predicted octanol–water partition coefficient (Wildman–Crippen LogP) is 0.770. The molecule has 0 aliphatic heterocycles. The van der Waals surface area contributed by atoms with E-state index in [1.54, 1.807) is 14.0 Å². The minimum Gasteiger partial charge on any atom is -0.397 e. The molecule has 5 nitrogen and oxygen atoms in total. The minimum absolute atomic E-state index is 0.110. The average molecular weight is 244 g/mol. The minimum atomic E-state index is -0.289. The molecule has 1 amide bonds. The van der Waals surface area contributed by atoms with Crippen LogP contribution in [0.25, 0.3) is 0 Å². The van der Waals surface area contributed by atoms with Crippen molar-refractivity contribution < 1.29 is 9.90 Å². The number of nitrogen functional groups attached to an aromatic ring is 1. The van der Waals surface area contributed by atoms with Gasteiger partial charge in [-0.05, 0) is 13.0 Å². The number of amides is 1. The Kier molecular flexibility index (Phi) is 4.09. The van der Waals surface area contributed by atoms with Crippen molar-refractivity contribution >= 4 is 23.2 Å². The summed E-state index contributed by atoms with van der Waals surface area (Å²) < 4.78 is 0. The number of aromatic nitrogens is 1. The molecule has 1 atom stereocenters. The summed E-state index contributed by atoms with van der Waals surface area (Å²) in [6.07, 6.45) is 1.34. The van der Waals surface area contributed by atoms with Gasteiger partial charge in [0, 0.05) is 7.05 Å². The number of carbonyl (C=O) groups is 1. The maximum absolute atomic E-state index is 12.0. The fraction of sp³-hybridized carbons (Fsp3) is 0.400. The van der Waals surface area contributed by atoms with E-state index in [9.17, 15) is 4.79 Å². The number of hydrogen-bond acceptors (Lipinski definition) is 4. The van der Waals surface area contributed by atoms with Crippen molar-refractivity contribution in [3.63, 3.8) is 0 Å². The molecule has 0 radical (unpaired) electrons. The van der Waals surface area contributed by atoms with Gasteiger partial charge < -0.3 is 15.7 Å². The highest BCUT2D eigenvalue weighted by Gasteiger charge is 2.19. The first-order valence-corrected chi connectivity index (χ1v) is 5.14. The van der Waals surface area contributed by atoms with Crippen LogP contribution >= 0.6 is 11.6 Å². The van der Waals surface area contributed by atoms with Crippen LogP contribution in [0.15, 0.2) is 12.3 Å². The van der Waals surface area contributed by atoms with E-state index >= 15 is 0 Å². The third kappa shape index (κ3) is 2.62. The Balaban J connectivity index is 3.00. The Labute approximate surface area is 98.8 Å². The lowest BCUT2D eigenvalue weighted by Gasteiger charge is -2.23. The van der Waals surface area contributed by atoms with Crippen molar-refractivity contribution in [2.45, 2.75) is 13.0 Å². The van der Waals surface area contributed by atoms with Gasteiger partial charge in [-0.3, -0.25) is 4.79 Å². The third-order valence-corrected chi connectivity index (χ3v) is 2.58. The molecule has 0 bridgehead atoms. The zero-order valence-electron chi connectivity index (χ0n) is 9.14. The lowest BCUT2D eigenvalue weighted by molar-refractivity contribution is 0.0683. The zero-order chi connectivity index (χ0) is 12.3. The van der Waals surface area contributed by atoms with Crippen molar-refractivity contribution in [3.05, 3.63) is 23.0 Å². The van der Waals surface area contributed by atoms with Gasteiger partial charge in [0.1, 0.15) is 5.15 Å². The van der Waals surface area contributed by atoms with Crippen molar-refractivity contribution in [2.24, 2.45) is 0 Å².